The summed E-state index contributed by atoms with van der Waals surface area (Å²) < 4.78 is 15.2. The lowest BCUT2D eigenvalue weighted by atomic mass is 10.1. The Kier molecular flexibility index (Phi) is 3.15. The first-order chi connectivity index (χ1) is 9.66. The number of rotatable bonds is 3. The average molecular weight is 288 g/mol. The molecule has 0 bridgehead atoms. The molecule has 0 amide bonds. The van der Waals surface area contributed by atoms with Crippen molar-refractivity contribution < 1.29 is 9.18 Å². The number of benzene rings is 1. The van der Waals surface area contributed by atoms with Crippen molar-refractivity contribution in [2.75, 3.05) is 0 Å². The Labute approximate surface area is 117 Å². The molecule has 6 heteroatoms. The van der Waals surface area contributed by atoms with E-state index in [4.69, 9.17) is 0 Å². The predicted octanol–water partition coefficient (Wildman–Crippen LogP) is 2.48. The molecule has 0 aliphatic rings. The number of ketones is 1. The van der Waals surface area contributed by atoms with Crippen LogP contribution in [0.2, 0.25) is 0 Å². The molecule has 1 aromatic carbocycles. The van der Waals surface area contributed by atoms with Crippen LogP contribution in [0.15, 0.2) is 46.8 Å². The average Bonchev–Trinajstić information content (AvgIpc) is 2.91. The van der Waals surface area contributed by atoms with Gasteiger partial charge in [-0.05, 0) is 23.6 Å². The van der Waals surface area contributed by atoms with E-state index >= 15 is 0 Å². The van der Waals surface area contributed by atoms with Gasteiger partial charge in [0.15, 0.2) is 5.78 Å². The predicted molar refractivity (Wildman–Crippen MR) is 74.6 cm³/mol. The number of thiophene rings is 1. The van der Waals surface area contributed by atoms with Gasteiger partial charge in [0, 0.05) is 0 Å². The number of fused-ring (bicyclic) bond motifs is 1. The fraction of sp³-hybridized carbons (Fsp3) is 0.0714. The Balaban J connectivity index is 1.97. The summed E-state index contributed by atoms with van der Waals surface area (Å²) in [5, 5.41) is 1.77. The van der Waals surface area contributed by atoms with Gasteiger partial charge in [-0.25, -0.2) is 9.37 Å². The third-order valence-electron chi connectivity index (χ3n) is 2.92. The van der Waals surface area contributed by atoms with E-state index in [1.807, 2.05) is 0 Å². The van der Waals surface area contributed by atoms with E-state index in [2.05, 4.69) is 4.98 Å². The quantitative estimate of drug-likeness (QED) is 0.696. The lowest BCUT2D eigenvalue weighted by Gasteiger charge is -2.05. The van der Waals surface area contributed by atoms with Crippen LogP contribution < -0.4 is 5.56 Å². The zero-order valence-corrected chi connectivity index (χ0v) is 11.1. The van der Waals surface area contributed by atoms with Crippen molar-refractivity contribution in [3.05, 3.63) is 63.8 Å². The Bertz CT molecular complexity index is 854. The molecule has 3 aromatic rings. The van der Waals surface area contributed by atoms with Gasteiger partial charge in [-0.3, -0.25) is 14.2 Å². The number of carbonyl (C=O) groups is 1. The summed E-state index contributed by atoms with van der Waals surface area (Å²) in [5.74, 6) is -1.04. The van der Waals surface area contributed by atoms with Gasteiger partial charge < -0.3 is 0 Å². The van der Waals surface area contributed by atoms with Gasteiger partial charge in [-0.15, -0.1) is 11.3 Å². The zero-order valence-electron chi connectivity index (χ0n) is 10.2. The van der Waals surface area contributed by atoms with E-state index in [1.165, 1.54) is 40.4 Å². The van der Waals surface area contributed by atoms with E-state index in [1.54, 1.807) is 17.5 Å². The van der Waals surface area contributed by atoms with E-state index in [0.717, 1.165) is 0 Å². The fourth-order valence-corrected chi connectivity index (χ4v) is 2.71. The van der Waals surface area contributed by atoms with Gasteiger partial charge in [0.2, 0.25) is 0 Å². The molecule has 0 atom stereocenters. The molecule has 0 unspecified atom stereocenters. The molecule has 3 rings (SSSR count). The van der Waals surface area contributed by atoms with Gasteiger partial charge in [0.25, 0.3) is 5.56 Å². The number of carbonyl (C=O) groups excluding carboxylic acids is 1. The highest BCUT2D eigenvalue weighted by Gasteiger charge is 2.13. The summed E-state index contributed by atoms with van der Waals surface area (Å²) in [6.07, 6.45) is 1.32. The first kappa shape index (κ1) is 12.7. The van der Waals surface area contributed by atoms with Crippen LogP contribution >= 0.6 is 11.3 Å². The van der Waals surface area contributed by atoms with Crippen LogP contribution in [0.4, 0.5) is 4.39 Å². The monoisotopic (exact) mass is 288 g/mol. The summed E-state index contributed by atoms with van der Waals surface area (Å²) in [7, 11) is 0. The highest BCUT2D eigenvalue weighted by atomic mass is 32.1. The van der Waals surface area contributed by atoms with Gasteiger partial charge in [-0.1, -0.05) is 12.1 Å². The van der Waals surface area contributed by atoms with E-state index in [-0.39, 0.29) is 17.7 Å². The topological polar surface area (TPSA) is 52.0 Å². The van der Waals surface area contributed by atoms with Crippen molar-refractivity contribution in [3.8, 4) is 0 Å². The van der Waals surface area contributed by atoms with Crippen LogP contribution in [0.1, 0.15) is 10.4 Å². The summed E-state index contributed by atoms with van der Waals surface area (Å²) in [6, 6.07) is 7.46. The number of halogens is 1. The lowest BCUT2D eigenvalue weighted by Crippen LogP contribution is -2.24. The minimum absolute atomic E-state index is 0.0225. The van der Waals surface area contributed by atoms with Crippen molar-refractivity contribution in [1.82, 2.24) is 9.55 Å². The van der Waals surface area contributed by atoms with Crippen LogP contribution in [0, 0.1) is 5.82 Å². The standard InChI is InChI=1S/C14H9FN2O2S/c15-10-4-2-1-3-9(10)12(18)7-17-8-16-11-5-6-20-13(11)14(17)19/h1-6,8H,7H2. The molecule has 2 heterocycles. The molecular weight excluding hydrogens is 279 g/mol. The Morgan fingerprint density at radius 2 is 2.10 bits per heavy atom. The smallest absolute Gasteiger partial charge is 0.271 e. The first-order valence-electron chi connectivity index (χ1n) is 5.87. The molecule has 0 radical (unpaired) electrons. The van der Waals surface area contributed by atoms with Gasteiger partial charge >= 0.3 is 0 Å². The molecule has 0 fully saturated rings. The minimum Gasteiger partial charge on any atom is -0.292 e. The fourth-order valence-electron chi connectivity index (χ4n) is 1.92. The third kappa shape index (κ3) is 2.14. The van der Waals surface area contributed by atoms with Crippen LogP contribution in [-0.4, -0.2) is 15.3 Å². The Morgan fingerprint density at radius 3 is 2.90 bits per heavy atom. The first-order valence-corrected chi connectivity index (χ1v) is 6.75. The normalized spacial score (nSPS) is 10.8. The van der Waals surface area contributed by atoms with Crippen molar-refractivity contribution in [2.24, 2.45) is 0 Å². The molecule has 20 heavy (non-hydrogen) atoms. The molecule has 4 nitrogen and oxygen atoms in total. The van der Waals surface area contributed by atoms with Crippen LogP contribution in [0.5, 0.6) is 0 Å². The molecule has 0 spiro atoms. The summed E-state index contributed by atoms with van der Waals surface area (Å²) in [6.45, 7) is -0.222. The van der Waals surface area contributed by atoms with Crippen molar-refractivity contribution in [3.63, 3.8) is 0 Å². The number of hydrogen-bond donors (Lipinski definition) is 0. The van der Waals surface area contributed by atoms with Crippen LogP contribution in [0.25, 0.3) is 10.2 Å². The summed E-state index contributed by atoms with van der Waals surface area (Å²) >= 11 is 1.27. The van der Waals surface area contributed by atoms with Crippen LogP contribution in [-0.2, 0) is 6.54 Å². The van der Waals surface area contributed by atoms with Gasteiger partial charge in [0.05, 0.1) is 24.0 Å². The molecule has 0 aliphatic carbocycles. The summed E-state index contributed by atoms with van der Waals surface area (Å²) in [4.78, 5) is 28.3. The largest absolute Gasteiger partial charge is 0.292 e. The van der Waals surface area contributed by atoms with Gasteiger partial charge in [-0.2, -0.15) is 0 Å². The van der Waals surface area contributed by atoms with Crippen molar-refractivity contribution in [1.29, 1.82) is 0 Å². The number of hydrogen-bond acceptors (Lipinski definition) is 4. The highest BCUT2D eigenvalue weighted by Crippen LogP contribution is 2.13. The van der Waals surface area contributed by atoms with E-state index in [0.29, 0.717) is 10.2 Å². The second-order valence-electron chi connectivity index (χ2n) is 4.22. The minimum atomic E-state index is -0.587. The second kappa shape index (κ2) is 4.97. The molecule has 0 aliphatic heterocycles. The number of Topliss-reactive ketones (excluding diaryl/α,β-unsaturated/α-hetero) is 1. The van der Waals surface area contributed by atoms with E-state index < -0.39 is 11.6 Å². The Hall–Kier alpha value is -2.34. The van der Waals surface area contributed by atoms with Gasteiger partial charge in [0.1, 0.15) is 10.5 Å². The summed E-state index contributed by atoms with van der Waals surface area (Å²) in [5.41, 5.74) is 0.301. The second-order valence-corrected chi connectivity index (χ2v) is 5.13. The zero-order chi connectivity index (χ0) is 14.1. The molecule has 100 valence electrons. The molecule has 0 N–H and O–H groups in total. The van der Waals surface area contributed by atoms with Crippen molar-refractivity contribution >= 4 is 27.3 Å². The number of aromatic nitrogens is 2. The van der Waals surface area contributed by atoms with Crippen molar-refractivity contribution in [2.45, 2.75) is 6.54 Å². The van der Waals surface area contributed by atoms with E-state index in [9.17, 15) is 14.0 Å². The SMILES string of the molecule is O=C(Cn1cnc2ccsc2c1=O)c1ccccc1F. The third-order valence-corrected chi connectivity index (χ3v) is 3.82. The Morgan fingerprint density at radius 1 is 1.30 bits per heavy atom. The maximum Gasteiger partial charge on any atom is 0.271 e. The molecule has 2 aromatic heterocycles. The molecule has 0 saturated heterocycles. The maximum absolute atomic E-state index is 13.5. The highest BCUT2D eigenvalue weighted by molar-refractivity contribution is 7.17. The van der Waals surface area contributed by atoms with Crippen LogP contribution in [0.3, 0.4) is 0 Å². The maximum atomic E-state index is 13.5. The lowest BCUT2D eigenvalue weighted by molar-refractivity contribution is 0.0966. The number of nitrogens with zero attached hydrogens (tertiary/aromatic N) is 2. The molecular formula is C14H9FN2O2S. The molecule has 0 saturated carbocycles.